The first-order valence-corrected chi connectivity index (χ1v) is 3.97. The maximum atomic E-state index is 11.1. The fourth-order valence-electron chi connectivity index (χ4n) is 0.939. The smallest absolute Gasteiger partial charge is 0.216 e. The fraction of sp³-hybridized carbons (Fsp3) is 0.444. The second-order valence-corrected chi connectivity index (χ2v) is 2.67. The Morgan fingerprint density at radius 2 is 2.25 bits per heavy atom. The highest BCUT2D eigenvalue weighted by Crippen LogP contribution is 2.20. The molecule has 0 unspecified atom stereocenters. The van der Waals surface area contributed by atoms with Gasteiger partial charge in [-0.3, -0.25) is 4.79 Å². The maximum absolute atomic E-state index is 11.1. The van der Waals surface area contributed by atoms with E-state index in [4.69, 9.17) is 4.74 Å². The van der Waals surface area contributed by atoms with Gasteiger partial charge in [0, 0.05) is 0 Å². The molecule has 0 bridgehead atoms. The van der Waals surface area contributed by atoms with Crippen LogP contribution >= 0.6 is 0 Å². The molecule has 1 heterocycles. The number of allylic oxidation sites excluding steroid dienone is 2. The van der Waals surface area contributed by atoms with Crippen molar-refractivity contribution in [3.05, 3.63) is 23.4 Å². The Hall–Kier alpha value is -1.25. The van der Waals surface area contributed by atoms with E-state index >= 15 is 0 Å². The van der Waals surface area contributed by atoms with Crippen LogP contribution in [0.2, 0.25) is 0 Å². The van der Waals surface area contributed by atoms with E-state index in [1.165, 1.54) is 6.92 Å². The van der Waals surface area contributed by atoms with Crippen LogP contribution in [0.1, 0.15) is 26.7 Å². The molecule has 0 radical (unpaired) electrons. The third-order valence-corrected chi connectivity index (χ3v) is 1.63. The fourth-order valence-corrected chi connectivity index (χ4v) is 0.939. The summed E-state index contributed by atoms with van der Waals surface area (Å²) in [4.78, 5) is 11.1. The van der Waals surface area contributed by atoms with Crippen LogP contribution in [0.5, 0.6) is 0 Å². The lowest BCUT2D eigenvalue weighted by Gasteiger charge is -1.98. The Morgan fingerprint density at radius 3 is 2.67 bits per heavy atom. The van der Waals surface area contributed by atoms with Gasteiger partial charge in [-0.25, -0.2) is 0 Å². The van der Waals surface area contributed by atoms with E-state index in [1.54, 1.807) is 6.08 Å². The van der Waals surface area contributed by atoms with Gasteiger partial charge in [0.05, 0.1) is 5.76 Å². The van der Waals surface area contributed by atoms with Crippen molar-refractivity contribution in [3.8, 4) is 0 Å². The molecule has 0 N–H and O–H groups in total. The number of unbranched alkanes of at least 4 members (excludes halogenated alkanes) is 1. The van der Waals surface area contributed by atoms with Gasteiger partial charge in [-0.05, 0) is 25.2 Å². The number of hydrogen-bond acceptors (Lipinski definition) is 3. The van der Waals surface area contributed by atoms with Crippen LogP contribution in [-0.2, 0) is 9.53 Å². The molecule has 0 aromatic carbocycles. The normalized spacial score (nSPS) is 20.5. The molecule has 0 saturated heterocycles. The van der Waals surface area contributed by atoms with E-state index in [1.807, 2.05) is 6.92 Å². The molecule has 0 atom stereocenters. The summed E-state index contributed by atoms with van der Waals surface area (Å²) in [5, 5.41) is 10.9. The van der Waals surface area contributed by atoms with Crippen molar-refractivity contribution in [2.24, 2.45) is 0 Å². The summed E-state index contributed by atoms with van der Waals surface area (Å²) in [6, 6.07) is 0. The first-order chi connectivity index (χ1) is 5.66. The third kappa shape index (κ3) is 1.49. The Bertz CT molecular complexity index is 261. The lowest BCUT2D eigenvalue weighted by Crippen LogP contribution is -2.12. The lowest BCUT2D eigenvalue weighted by molar-refractivity contribution is -0.299. The molecular weight excluding hydrogens is 156 g/mol. The summed E-state index contributed by atoms with van der Waals surface area (Å²) in [5.74, 6) is -0.653. The lowest BCUT2D eigenvalue weighted by atomic mass is 10.2. The molecule has 0 aliphatic carbocycles. The van der Waals surface area contributed by atoms with Crippen LogP contribution in [0.3, 0.4) is 0 Å². The van der Waals surface area contributed by atoms with Crippen molar-refractivity contribution in [2.45, 2.75) is 26.7 Å². The molecule has 3 nitrogen and oxygen atoms in total. The van der Waals surface area contributed by atoms with Crippen LogP contribution in [0.15, 0.2) is 23.4 Å². The first kappa shape index (κ1) is 8.84. The van der Waals surface area contributed by atoms with Gasteiger partial charge in [-0.2, -0.15) is 0 Å². The van der Waals surface area contributed by atoms with Crippen molar-refractivity contribution in [2.75, 3.05) is 0 Å². The van der Waals surface area contributed by atoms with Gasteiger partial charge in [-0.1, -0.05) is 13.3 Å². The Morgan fingerprint density at radius 1 is 1.58 bits per heavy atom. The molecule has 66 valence electrons. The third-order valence-electron chi connectivity index (χ3n) is 1.63. The molecule has 1 aliphatic rings. The summed E-state index contributed by atoms with van der Waals surface area (Å²) < 4.78 is 4.97. The Balaban J connectivity index is 2.73. The minimum absolute atomic E-state index is 0.183. The molecule has 0 aromatic rings. The van der Waals surface area contributed by atoms with E-state index in [2.05, 4.69) is 0 Å². The summed E-state index contributed by atoms with van der Waals surface area (Å²) >= 11 is 0. The van der Waals surface area contributed by atoms with Crippen LogP contribution in [0.4, 0.5) is 0 Å². The molecule has 0 saturated carbocycles. The zero-order chi connectivity index (χ0) is 9.14. The van der Waals surface area contributed by atoms with Gasteiger partial charge in [0.25, 0.3) is 0 Å². The monoisotopic (exact) mass is 167 g/mol. The summed E-state index contributed by atoms with van der Waals surface area (Å²) in [7, 11) is 0. The number of ether oxygens (including phenoxy) is 1. The van der Waals surface area contributed by atoms with Crippen molar-refractivity contribution >= 4 is 5.78 Å². The van der Waals surface area contributed by atoms with E-state index in [0.29, 0.717) is 0 Å². The molecule has 0 fully saturated rings. The molecule has 1 rings (SSSR count). The van der Waals surface area contributed by atoms with E-state index in [0.717, 1.165) is 12.8 Å². The van der Waals surface area contributed by atoms with Crippen molar-refractivity contribution in [1.29, 1.82) is 0 Å². The molecular formula is C9H11O3-. The maximum Gasteiger partial charge on any atom is 0.216 e. The second kappa shape index (κ2) is 3.43. The largest absolute Gasteiger partial charge is 0.867 e. The van der Waals surface area contributed by atoms with Gasteiger partial charge in [0.1, 0.15) is 0 Å². The van der Waals surface area contributed by atoms with Crippen molar-refractivity contribution < 1.29 is 14.6 Å². The van der Waals surface area contributed by atoms with Gasteiger partial charge in [0.2, 0.25) is 5.78 Å². The predicted molar refractivity (Wildman–Crippen MR) is 41.8 cm³/mol. The molecule has 0 amide bonds. The summed E-state index contributed by atoms with van der Waals surface area (Å²) in [6.45, 7) is 3.50. The Kier molecular flexibility index (Phi) is 2.53. The standard InChI is InChI=1S/C9H12O3/c1-3-4-5-7-9(11)8(10)6(2)12-7/h5,10H,3-4H2,1-2H3/p-1/b7-5-. The summed E-state index contributed by atoms with van der Waals surface area (Å²) in [5.41, 5.74) is 0. The minimum Gasteiger partial charge on any atom is -0.867 e. The highest BCUT2D eigenvalue weighted by atomic mass is 16.5. The van der Waals surface area contributed by atoms with Crippen LogP contribution < -0.4 is 5.11 Å². The van der Waals surface area contributed by atoms with Gasteiger partial charge in [-0.15, -0.1) is 0 Å². The Labute approximate surface area is 71.3 Å². The highest BCUT2D eigenvalue weighted by Gasteiger charge is 2.19. The number of rotatable bonds is 2. The number of ketones is 1. The topological polar surface area (TPSA) is 49.4 Å². The van der Waals surface area contributed by atoms with Crippen molar-refractivity contribution in [1.82, 2.24) is 0 Å². The molecule has 3 heteroatoms. The zero-order valence-corrected chi connectivity index (χ0v) is 7.22. The SMILES string of the molecule is CCC/C=C1\OC(C)=C([O-])C1=O. The van der Waals surface area contributed by atoms with Gasteiger partial charge >= 0.3 is 0 Å². The average Bonchev–Trinajstić information content (AvgIpc) is 2.30. The van der Waals surface area contributed by atoms with Crippen LogP contribution in [-0.4, -0.2) is 5.78 Å². The van der Waals surface area contributed by atoms with Crippen molar-refractivity contribution in [3.63, 3.8) is 0 Å². The quantitative estimate of drug-likeness (QED) is 0.573. The molecule has 0 spiro atoms. The summed E-state index contributed by atoms with van der Waals surface area (Å²) in [6.07, 6.45) is 3.37. The highest BCUT2D eigenvalue weighted by molar-refractivity contribution is 6.06. The van der Waals surface area contributed by atoms with E-state index in [-0.39, 0.29) is 11.5 Å². The van der Waals surface area contributed by atoms with Gasteiger partial charge in [0.15, 0.2) is 5.76 Å². The molecule has 12 heavy (non-hydrogen) atoms. The minimum atomic E-state index is -0.516. The molecule has 0 aromatic heterocycles. The van der Waals surface area contributed by atoms with Gasteiger partial charge < -0.3 is 9.84 Å². The first-order valence-electron chi connectivity index (χ1n) is 3.97. The average molecular weight is 167 g/mol. The van der Waals surface area contributed by atoms with E-state index in [9.17, 15) is 9.90 Å². The molecule has 1 aliphatic heterocycles. The number of carbonyl (C=O) groups excluding carboxylic acids is 1. The zero-order valence-electron chi connectivity index (χ0n) is 7.22. The second-order valence-electron chi connectivity index (χ2n) is 2.67. The number of carbonyl (C=O) groups is 1. The van der Waals surface area contributed by atoms with E-state index < -0.39 is 11.5 Å². The number of hydrogen-bond donors (Lipinski definition) is 0. The van der Waals surface area contributed by atoms with Crippen LogP contribution in [0.25, 0.3) is 0 Å². The predicted octanol–water partition coefficient (Wildman–Crippen LogP) is 0.861. The number of Topliss-reactive ketones (excluding diaryl/α,β-unsaturated/α-hetero) is 1. The van der Waals surface area contributed by atoms with Crippen LogP contribution in [0, 0.1) is 0 Å².